The van der Waals surface area contributed by atoms with E-state index >= 15 is 0 Å². The zero-order valence-corrected chi connectivity index (χ0v) is 10.6. The average Bonchev–Trinajstić information content (AvgIpc) is 2.79. The average molecular weight is 294 g/mol. The number of nitrogens with one attached hydrogen (secondary N) is 2. The van der Waals surface area contributed by atoms with Crippen LogP contribution >= 0.6 is 0 Å². The largest absolute Gasteiger partial charge is 0.479 e. The maximum absolute atomic E-state index is 12.7. The minimum absolute atomic E-state index is 0.323. The van der Waals surface area contributed by atoms with Gasteiger partial charge in [-0.15, -0.1) is 0 Å². The topological polar surface area (TPSA) is 91.6 Å². The molecule has 9 heteroatoms. The molecular weight excluding hydrogens is 281 g/mol. The van der Waals surface area contributed by atoms with Crippen molar-refractivity contribution in [2.45, 2.75) is 31.6 Å². The van der Waals surface area contributed by atoms with Gasteiger partial charge in [-0.3, -0.25) is 0 Å². The Morgan fingerprint density at radius 1 is 1.40 bits per heavy atom. The van der Waals surface area contributed by atoms with Crippen molar-refractivity contribution in [3.05, 3.63) is 24.2 Å². The zero-order valence-electron chi connectivity index (χ0n) is 10.6. The Bertz CT molecular complexity index is 486. The molecule has 0 spiro atoms. The highest BCUT2D eigenvalue weighted by molar-refractivity contribution is 5.86. The van der Waals surface area contributed by atoms with Crippen LogP contribution in [0.25, 0.3) is 0 Å². The van der Waals surface area contributed by atoms with Gasteiger partial charge in [-0.2, -0.15) is 13.2 Å². The van der Waals surface area contributed by atoms with Crippen LogP contribution in [0.3, 0.4) is 0 Å². The lowest BCUT2D eigenvalue weighted by molar-refractivity contribution is -0.203. The number of alkyl halides is 3. The molecule has 112 valence electrons. The third kappa shape index (κ3) is 3.22. The van der Waals surface area contributed by atoms with Crippen molar-refractivity contribution >= 4 is 12.0 Å². The Morgan fingerprint density at radius 3 is 2.40 bits per heavy atom. The SMILES string of the molecule is CC(NC(=O)NC(C)(C(=O)O)C(F)(F)F)c1ccco1. The van der Waals surface area contributed by atoms with Crippen molar-refractivity contribution in [2.24, 2.45) is 0 Å². The van der Waals surface area contributed by atoms with Crippen molar-refractivity contribution < 1.29 is 32.3 Å². The predicted molar refractivity (Wildman–Crippen MR) is 60.9 cm³/mol. The van der Waals surface area contributed by atoms with Crippen LogP contribution in [0.5, 0.6) is 0 Å². The smallest absolute Gasteiger partial charge is 0.422 e. The zero-order chi connectivity index (χ0) is 15.6. The second kappa shape index (κ2) is 5.43. The second-order valence-corrected chi connectivity index (χ2v) is 4.26. The summed E-state index contributed by atoms with van der Waals surface area (Å²) in [6.45, 7) is 1.84. The number of hydrogen-bond acceptors (Lipinski definition) is 3. The van der Waals surface area contributed by atoms with Crippen molar-refractivity contribution in [1.82, 2.24) is 10.6 Å². The van der Waals surface area contributed by atoms with E-state index in [9.17, 15) is 22.8 Å². The Labute approximate surface area is 111 Å². The van der Waals surface area contributed by atoms with Gasteiger partial charge >= 0.3 is 18.2 Å². The summed E-state index contributed by atoms with van der Waals surface area (Å²) >= 11 is 0. The Hall–Kier alpha value is -2.19. The van der Waals surface area contributed by atoms with Crippen LogP contribution in [0.2, 0.25) is 0 Å². The fourth-order valence-corrected chi connectivity index (χ4v) is 1.31. The molecule has 0 fully saturated rings. The third-order valence-electron chi connectivity index (χ3n) is 2.68. The summed E-state index contributed by atoms with van der Waals surface area (Å²) in [6, 6.07) is 1.08. The number of carbonyl (C=O) groups excluding carboxylic acids is 1. The summed E-state index contributed by atoms with van der Waals surface area (Å²) < 4.78 is 43.0. The summed E-state index contributed by atoms with van der Waals surface area (Å²) in [4.78, 5) is 22.2. The highest BCUT2D eigenvalue weighted by atomic mass is 19.4. The number of carboxylic acid groups (broad SMARTS) is 1. The van der Waals surface area contributed by atoms with E-state index in [1.807, 2.05) is 0 Å². The molecule has 2 amide bonds. The van der Waals surface area contributed by atoms with Gasteiger partial charge in [-0.05, 0) is 26.0 Å². The van der Waals surface area contributed by atoms with Gasteiger partial charge in [0, 0.05) is 0 Å². The third-order valence-corrected chi connectivity index (χ3v) is 2.68. The van der Waals surface area contributed by atoms with E-state index in [4.69, 9.17) is 9.52 Å². The summed E-state index contributed by atoms with van der Waals surface area (Å²) in [5.41, 5.74) is -3.38. The molecule has 2 unspecified atom stereocenters. The number of carboxylic acids is 1. The minimum atomic E-state index is -5.13. The van der Waals surface area contributed by atoms with Gasteiger partial charge in [-0.1, -0.05) is 0 Å². The van der Waals surface area contributed by atoms with Crippen molar-refractivity contribution in [1.29, 1.82) is 0 Å². The highest BCUT2D eigenvalue weighted by Gasteiger charge is 2.58. The lowest BCUT2D eigenvalue weighted by Crippen LogP contribution is -2.63. The fraction of sp³-hybridized carbons (Fsp3) is 0.455. The molecule has 1 heterocycles. The van der Waals surface area contributed by atoms with Crippen LogP contribution in [0, 0.1) is 0 Å². The van der Waals surface area contributed by atoms with Crippen molar-refractivity contribution in [2.75, 3.05) is 0 Å². The molecule has 1 rings (SSSR count). The van der Waals surface area contributed by atoms with Crippen molar-refractivity contribution in [3.63, 3.8) is 0 Å². The molecule has 0 saturated carbocycles. The first kappa shape index (κ1) is 15.9. The summed E-state index contributed by atoms with van der Waals surface area (Å²) in [5, 5.41) is 12.2. The van der Waals surface area contributed by atoms with Gasteiger partial charge in [0.05, 0.1) is 12.3 Å². The molecule has 1 aromatic rings. The Morgan fingerprint density at radius 2 is 2.00 bits per heavy atom. The maximum atomic E-state index is 12.7. The first-order valence-electron chi connectivity index (χ1n) is 5.50. The van der Waals surface area contributed by atoms with Crippen molar-refractivity contribution in [3.8, 4) is 0 Å². The first-order chi connectivity index (χ1) is 9.08. The number of rotatable bonds is 4. The molecule has 0 aliphatic rings. The monoisotopic (exact) mass is 294 g/mol. The number of aliphatic carboxylic acids is 1. The highest BCUT2D eigenvalue weighted by Crippen LogP contribution is 2.30. The van der Waals surface area contributed by atoms with Gasteiger partial charge in [-0.25, -0.2) is 9.59 Å². The molecule has 0 aliphatic carbocycles. The lowest BCUT2D eigenvalue weighted by atomic mass is 10.0. The molecule has 0 saturated heterocycles. The molecule has 0 aliphatic heterocycles. The number of furan rings is 1. The van der Waals surface area contributed by atoms with Crippen LogP contribution in [0.15, 0.2) is 22.8 Å². The number of carbonyl (C=O) groups is 2. The van der Waals surface area contributed by atoms with E-state index in [2.05, 4.69) is 5.32 Å². The van der Waals surface area contributed by atoms with E-state index in [0.29, 0.717) is 12.7 Å². The fourth-order valence-electron chi connectivity index (χ4n) is 1.31. The number of hydrogen-bond donors (Lipinski definition) is 3. The number of urea groups is 1. The van der Waals surface area contributed by atoms with E-state index in [0.717, 1.165) is 0 Å². The predicted octanol–water partition coefficient (Wildman–Crippen LogP) is 2.05. The molecule has 6 nitrogen and oxygen atoms in total. The maximum Gasteiger partial charge on any atom is 0.422 e. The Balaban J connectivity index is 2.76. The van der Waals surface area contributed by atoms with E-state index in [-0.39, 0.29) is 0 Å². The van der Waals surface area contributed by atoms with Crippen LogP contribution in [-0.4, -0.2) is 28.8 Å². The first-order valence-corrected chi connectivity index (χ1v) is 5.50. The molecule has 20 heavy (non-hydrogen) atoms. The van der Waals surface area contributed by atoms with Gasteiger partial charge in [0.2, 0.25) is 5.54 Å². The van der Waals surface area contributed by atoms with Gasteiger partial charge in [0.15, 0.2) is 0 Å². The number of amides is 2. The summed E-state index contributed by atoms with van der Waals surface area (Å²) in [5.74, 6) is -1.88. The van der Waals surface area contributed by atoms with E-state index < -0.39 is 29.8 Å². The van der Waals surface area contributed by atoms with E-state index in [1.165, 1.54) is 24.6 Å². The van der Waals surface area contributed by atoms with Gasteiger partial charge in [0.25, 0.3) is 0 Å². The quantitative estimate of drug-likeness (QED) is 0.792. The Kier molecular flexibility index (Phi) is 4.31. The molecule has 0 aromatic carbocycles. The summed E-state index contributed by atoms with van der Waals surface area (Å²) in [7, 11) is 0. The van der Waals surface area contributed by atoms with Crippen LogP contribution in [-0.2, 0) is 4.79 Å². The standard InChI is InChI=1S/C11H13F3N2O4/c1-6(7-4-3-5-20-7)15-9(19)16-10(2,8(17)18)11(12,13)14/h3-6H,1-2H3,(H,17,18)(H2,15,16,19). The molecule has 3 N–H and O–H groups in total. The summed E-state index contributed by atoms with van der Waals surface area (Å²) in [6.07, 6.45) is -3.80. The number of halogens is 3. The van der Waals surface area contributed by atoms with E-state index in [1.54, 1.807) is 6.07 Å². The normalized spacial score (nSPS) is 16.1. The van der Waals surface area contributed by atoms with Crippen LogP contribution in [0.1, 0.15) is 25.6 Å². The molecular formula is C11H13F3N2O4. The molecule has 0 radical (unpaired) electrons. The van der Waals surface area contributed by atoms with Crippen LogP contribution < -0.4 is 10.6 Å². The lowest BCUT2D eigenvalue weighted by Gasteiger charge is -2.29. The van der Waals surface area contributed by atoms with Gasteiger partial charge < -0.3 is 20.2 Å². The molecule has 2 atom stereocenters. The second-order valence-electron chi connectivity index (χ2n) is 4.26. The molecule has 0 bridgehead atoms. The van der Waals surface area contributed by atoms with Crippen LogP contribution in [0.4, 0.5) is 18.0 Å². The molecule has 1 aromatic heterocycles. The van der Waals surface area contributed by atoms with Gasteiger partial charge in [0.1, 0.15) is 5.76 Å². The minimum Gasteiger partial charge on any atom is -0.479 e.